The quantitative estimate of drug-likeness (QED) is 0.00836. The Morgan fingerprint density at radius 1 is 0.366 bits per heavy atom. The maximum Gasteiger partial charge on any atom is 0.406 e. The first kappa shape index (κ1) is 113. The van der Waals surface area contributed by atoms with Gasteiger partial charge in [-0.25, -0.2) is 31.9 Å². The van der Waals surface area contributed by atoms with E-state index in [1.54, 1.807) is 160 Å². The molecule has 15 rings (SSSR count). The number of nitrogens with one attached hydrogen (secondary N) is 7. The van der Waals surface area contributed by atoms with E-state index in [9.17, 15) is 84.6 Å². The number of carbonyl (C=O) groups excluding carboxylic acids is 3. The van der Waals surface area contributed by atoms with Gasteiger partial charge in [0, 0.05) is 96.7 Å². The second-order valence-corrected chi connectivity index (χ2v) is 37.0. The summed E-state index contributed by atoms with van der Waals surface area (Å²) in [5.41, 5.74) is 7.60. The molecule has 4 saturated heterocycles. The molecule has 24 nitrogen and oxygen atoms in total. The number of anilines is 7. The van der Waals surface area contributed by atoms with Crippen LogP contribution in [0.15, 0.2) is 152 Å². The van der Waals surface area contributed by atoms with Crippen molar-refractivity contribution in [1.29, 1.82) is 0 Å². The number of esters is 3. The SMILES string of the molecule is C#CCNc1ccc(C(=O)OCC)cc1OC.CCOC(=O)c1ccc(NCC#Cc2cc3c(N[C@@H]4CCN(C)C[C@@H]4F)cccc3n2CC(F)(F)F)c(OC)c1.CCOC(=O)c1ccc(NCC#Cc2cc3c(N[C@H]4CCN(C)C[C@H]4F)cccc3n2CC(F)(F)F)c(OC)c1.CN1CC[C@@H](Nc2cccc3c2cc(I)n3CC(F)(F)F)[C@@H](F)C1.CN1CC[C@H](Nc2cccc3c2cc(I)n3CC(F)(F)F)[C@H](F)C1. The van der Waals surface area contributed by atoms with E-state index in [0.29, 0.717) is 184 Å². The fourth-order valence-corrected chi connectivity index (χ4v) is 18.6. The number of alkyl halides is 16. The topological polar surface area (TPSA) is 223 Å². The van der Waals surface area contributed by atoms with Gasteiger partial charge in [0.2, 0.25) is 0 Å². The molecule has 0 aliphatic carbocycles. The number of aromatic nitrogens is 4. The molecule has 0 unspecified atom stereocenters. The summed E-state index contributed by atoms with van der Waals surface area (Å²) in [6.07, 6.45) is -14.0. The molecule has 0 saturated carbocycles. The second-order valence-electron chi connectivity index (χ2n) is 34.8. The number of methoxy groups -OCH3 is 3. The van der Waals surface area contributed by atoms with Gasteiger partial charge in [-0.3, -0.25) is 0 Å². The van der Waals surface area contributed by atoms with E-state index < -0.39 is 99.6 Å². The van der Waals surface area contributed by atoms with Gasteiger partial charge in [-0.05, 0) is 259 Å². The van der Waals surface area contributed by atoms with E-state index >= 15 is 0 Å². The number of nitrogens with zero attached hydrogens (tertiary/aromatic N) is 8. The van der Waals surface area contributed by atoms with Crippen LogP contribution in [0.1, 0.15) is 88.9 Å². The zero-order chi connectivity index (χ0) is 105. The minimum atomic E-state index is -4.46. The van der Waals surface area contributed by atoms with Crippen molar-refractivity contribution in [3.8, 4) is 53.3 Å². The Morgan fingerprint density at radius 3 is 0.869 bits per heavy atom. The summed E-state index contributed by atoms with van der Waals surface area (Å²) in [4.78, 5) is 43.2. The first-order chi connectivity index (χ1) is 68.9. The number of ether oxygens (including phenoxy) is 6. The van der Waals surface area contributed by atoms with Gasteiger partial charge in [0.1, 0.15) is 68.1 Å². The molecule has 145 heavy (non-hydrogen) atoms. The molecule has 4 aliphatic rings. The molecule has 42 heteroatoms. The first-order valence-electron chi connectivity index (χ1n) is 46.5. The number of halogens is 18. The van der Waals surface area contributed by atoms with Crippen LogP contribution in [0.5, 0.6) is 17.2 Å². The van der Waals surface area contributed by atoms with Crippen molar-refractivity contribution >= 4 is 147 Å². The highest BCUT2D eigenvalue weighted by atomic mass is 127. The fraction of sp³-hybridized carbons (Fsp3) is 0.427. The first-order valence-corrected chi connectivity index (χ1v) is 48.7. The van der Waals surface area contributed by atoms with Gasteiger partial charge in [-0.1, -0.05) is 42.0 Å². The van der Waals surface area contributed by atoms with E-state index in [4.69, 9.17) is 34.8 Å². The van der Waals surface area contributed by atoms with E-state index in [1.807, 2.05) is 93.0 Å². The summed E-state index contributed by atoms with van der Waals surface area (Å²) < 4.78 is 252. The molecule has 4 fully saturated rings. The molecule has 8 heterocycles. The Kier molecular flexibility index (Phi) is 40.5. The lowest BCUT2D eigenvalue weighted by atomic mass is 10.0. The summed E-state index contributed by atoms with van der Waals surface area (Å²) >= 11 is 3.80. The van der Waals surface area contributed by atoms with Crippen LogP contribution >= 0.6 is 45.2 Å². The number of likely N-dealkylation sites (tertiary alicyclic amines) is 4. The Balaban J connectivity index is 0.000000178. The second kappa shape index (κ2) is 51.8. The number of carbonyl (C=O) groups is 3. The third-order valence-electron chi connectivity index (χ3n) is 24.1. The van der Waals surface area contributed by atoms with Gasteiger partial charge in [0.25, 0.3) is 0 Å². The minimum Gasteiger partial charge on any atom is -0.495 e. The highest BCUT2D eigenvalue weighted by molar-refractivity contribution is 14.1. The van der Waals surface area contributed by atoms with Gasteiger partial charge in [0.15, 0.2) is 0 Å². The number of piperidine rings is 4. The molecule has 8 atom stereocenters. The van der Waals surface area contributed by atoms with Crippen LogP contribution in [0.2, 0.25) is 0 Å². The third kappa shape index (κ3) is 32.0. The molecule has 4 aromatic heterocycles. The van der Waals surface area contributed by atoms with Crippen molar-refractivity contribution in [2.75, 3.05) is 179 Å². The number of hydrogen-bond donors (Lipinski definition) is 7. The number of hydrogen-bond acceptors (Lipinski definition) is 20. The van der Waals surface area contributed by atoms with Gasteiger partial charge < -0.3 is 104 Å². The Morgan fingerprint density at radius 2 is 0.621 bits per heavy atom. The molecule has 7 N–H and O–H groups in total. The highest BCUT2D eigenvalue weighted by Gasteiger charge is 2.38. The molecule has 4 aliphatic heterocycles. The predicted octanol–water partition coefficient (Wildman–Crippen LogP) is 21.1. The molecule has 0 amide bonds. The fourth-order valence-electron chi connectivity index (χ4n) is 17.1. The van der Waals surface area contributed by atoms with Gasteiger partial charge in [-0.2, -0.15) is 52.7 Å². The van der Waals surface area contributed by atoms with Crippen molar-refractivity contribution in [3.63, 3.8) is 0 Å². The lowest BCUT2D eigenvalue weighted by Crippen LogP contribution is -2.46. The minimum absolute atomic E-state index is 0.104. The molecule has 0 radical (unpaired) electrons. The summed E-state index contributed by atoms with van der Waals surface area (Å²) in [6.45, 7) is 6.50. The lowest BCUT2D eigenvalue weighted by Gasteiger charge is -2.33. The van der Waals surface area contributed by atoms with Crippen molar-refractivity contribution in [3.05, 3.63) is 187 Å². The van der Waals surface area contributed by atoms with Crippen LogP contribution in [0.3, 0.4) is 0 Å². The van der Waals surface area contributed by atoms with Crippen LogP contribution in [0.25, 0.3) is 43.6 Å². The van der Waals surface area contributed by atoms with Gasteiger partial charge in [-0.15, -0.1) is 6.42 Å². The van der Waals surface area contributed by atoms with Crippen molar-refractivity contribution < 1.29 is 113 Å². The normalized spacial score (nSPS) is 18.4. The average Bonchev–Trinajstić information content (AvgIpc) is 1.63. The van der Waals surface area contributed by atoms with E-state index in [1.165, 1.54) is 42.6 Å². The van der Waals surface area contributed by atoms with Crippen LogP contribution in [0, 0.1) is 43.4 Å². The number of terminal acetylenes is 1. The molecule has 0 bridgehead atoms. The number of rotatable bonds is 27. The zero-order valence-corrected chi connectivity index (χ0v) is 85.6. The highest BCUT2D eigenvalue weighted by Crippen LogP contribution is 2.40. The summed E-state index contributed by atoms with van der Waals surface area (Å²) in [6, 6.07) is 40.0. The van der Waals surface area contributed by atoms with Crippen molar-refractivity contribution in [1.82, 2.24) is 37.9 Å². The molecule has 782 valence electrons. The lowest BCUT2D eigenvalue weighted by molar-refractivity contribution is -0.141. The largest absolute Gasteiger partial charge is 0.495 e. The Hall–Kier alpha value is -12.0. The summed E-state index contributed by atoms with van der Waals surface area (Å²) in [7, 11) is 11.9. The summed E-state index contributed by atoms with van der Waals surface area (Å²) in [5, 5.41) is 24.4. The third-order valence-corrected chi connectivity index (χ3v) is 25.8. The Labute approximate surface area is 857 Å². The van der Waals surface area contributed by atoms with Gasteiger partial charge >= 0.3 is 42.6 Å². The van der Waals surface area contributed by atoms with Crippen LogP contribution in [-0.4, -0.2) is 271 Å². The van der Waals surface area contributed by atoms with Crippen molar-refractivity contribution in [2.45, 2.75) is 146 Å². The molecule has 11 aromatic rings. The van der Waals surface area contributed by atoms with E-state index in [0.717, 1.165) is 41.0 Å². The predicted molar refractivity (Wildman–Crippen MR) is 550 cm³/mol. The average molecular weight is 2260 g/mol. The maximum absolute atomic E-state index is 14.7. The maximum atomic E-state index is 14.7. The zero-order valence-electron chi connectivity index (χ0n) is 81.2. The van der Waals surface area contributed by atoms with Gasteiger partial charge in [0.05, 0.1) is 160 Å². The molecular formula is C103H115F16I2N15O9. The molecular weight excluding hydrogens is 2150 g/mol. The van der Waals surface area contributed by atoms with Crippen LogP contribution in [-0.2, 0) is 40.4 Å². The standard InChI is InChI=1S/2C29H32F4N4O3.2C16H18F4IN3.C13H15NO3/c2*1-4-40-28(38)19-10-11-25(27(15-19)39-3)34-13-6-7-20-16-21-23(35-24-12-14-36(2)17-22(24)30)8-5-9-26(21)37(20)18-29(31,32)33;2*1-23-6-5-13(11(17)8-23)22-12-3-2-4-14-10(12)7-15(21)24(14)9-16(18,19)20;1-4-8-14-11-7-6-10(9-12(11)16-3)13(15)17-5-2/h2*5,8-11,15-16,22,24,34-35H,4,12-14,17-18H2,1-3H3;2*2-4,7,11,13,22H,5-6,8-9H2,1H3;1,6-7,9,14H,5,8H2,2-3H3/t2*22-,24+;2*11-,13+;/m1010./s1. The Bertz CT molecular complexity index is 6080. The summed E-state index contributed by atoms with van der Waals surface area (Å²) in [5.74, 6) is 14.0. The monoisotopic (exact) mass is 2260 g/mol. The van der Waals surface area contributed by atoms with Crippen LogP contribution in [0.4, 0.5) is 110 Å². The smallest absolute Gasteiger partial charge is 0.406 e. The van der Waals surface area contributed by atoms with Crippen LogP contribution < -0.4 is 51.4 Å². The molecule has 7 aromatic carbocycles. The number of fused-ring (bicyclic) bond motifs is 4. The van der Waals surface area contributed by atoms with Crippen molar-refractivity contribution in [2.24, 2.45) is 0 Å². The molecule has 0 spiro atoms. The number of benzene rings is 7. The van der Waals surface area contributed by atoms with E-state index in [2.05, 4.69) is 66.8 Å². The van der Waals surface area contributed by atoms with E-state index in [-0.39, 0.29) is 55.7 Å².